The molecule has 0 fully saturated rings. The number of ether oxygens (including phenoxy) is 1. The normalized spacial score (nSPS) is 11.3. The van der Waals surface area contributed by atoms with Gasteiger partial charge in [0.15, 0.2) is 0 Å². The molecule has 140 valence electrons. The summed E-state index contributed by atoms with van der Waals surface area (Å²) in [5.41, 5.74) is 4.28. The Bertz CT molecular complexity index is 933. The third-order valence-corrected chi connectivity index (χ3v) is 4.58. The predicted octanol–water partition coefficient (Wildman–Crippen LogP) is 4.74. The van der Waals surface area contributed by atoms with E-state index >= 15 is 0 Å². The van der Waals surface area contributed by atoms with Gasteiger partial charge >= 0.3 is 0 Å². The number of aromatic nitrogens is 2. The average molecular weight is 363 g/mol. The summed E-state index contributed by atoms with van der Waals surface area (Å²) >= 11 is 0. The van der Waals surface area contributed by atoms with Crippen LogP contribution in [0.4, 0.5) is 5.69 Å². The van der Waals surface area contributed by atoms with Gasteiger partial charge in [0.05, 0.1) is 30.3 Å². The van der Waals surface area contributed by atoms with Crippen molar-refractivity contribution in [3.63, 3.8) is 0 Å². The second kappa shape index (κ2) is 7.27. The fourth-order valence-electron chi connectivity index (χ4n) is 2.87. The molecule has 3 rings (SSSR count). The first-order chi connectivity index (χ1) is 12.8. The van der Waals surface area contributed by atoms with Gasteiger partial charge in [0.2, 0.25) is 0 Å². The topological polar surface area (TPSA) is 56.2 Å². The Kier molecular flexibility index (Phi) is 5.04. The minimum absolute atomic E-state index is 0.0820. The summed E-state index contributed by atoms with van der Waals surface area (Å²) in [6.07, 6.45) is 1.60. The molecule has 0 spiro atoms. The van der Waals surface area contributed by atoms with E-state index in [-0.39, 0.29) is 11.3 Å². The summed E-state index contributed by atoms with van der Waals surface area (Å²) in [5, 5.41) is 7.31. The first-order valence-corrected chi connectivity index (χ1v) is 8.90. The number of amides is 1. The maximum Gasteiger partial charge on any atom is 0.259 e. The molecule has 1 N–H and O–H groups in total. The van der Waals surface area contributed by atoms with E-state index in [4.69, 9.17) is 4.74 Å². The number of carbonyl (C=O) groups is 1. The Hall–Kier alpha value is -3.08. The van der Waals surface area contributed by atoms with Gasteiger partial charge in [0.1, 0.15) is 5.75 Å². The van der Waals surface area contributed by atoms with E-state index in [9.17, 15) is 4.79 Å². The van der Waals surface area contributed by atoms with Crippen LogP contribution in [0.15, 0.2) is 54.7 Å². The molecule has 0 radical (unpaired) electrons. The van der Waals surface area contributed by atoms with Crippen LogP contribution in [-0.2, 0) is 5.41 Å². The number of hydrogen-bond donors (Lipinski definition) is 1. The van der Waals surface area contributed by atoms with Gasteiger partial charge < -0.3 is 10.1 Å². The fraction of sp³-hybridized carbons (Fsp3) is 0.273. The number of benzene rings is 2. The molecule has 0 aliphatic carbocycles. The van der Waals surface area contributed by atoms with E-state index in [1.807, 2.05) is 55.5 Å². The lowest BCUT2D eigenvalue weighted by atomic mass is 9.87. The van der Waals surface area contributed by atoms with Crippen molar-refractivity contribution in [1.82, 2.24) is 9.78 Å². The van der Waals surface area contributed by atoms with E-state index in [0.29, 0.717) is 5.56 Å². The van der Waals surface area contributed by atoms with Crippen LogP contribution in [0, 0.1) is 6.92 Å². The number of rotatable bonds is 4. The lowest BCUT2D eigenvalue weighted by molar-refractivity contribution is 0.102. The van der Waals surface area contributed by atoms with E-state index in [0.717, 1.165) is 22.8 Å². The number of anilines is 1. The second-order valence-corrected chi connectivity index (χ2v) is 7.53. The zero-order valence-electron chi connectivity index (χ0n) is 16.4. The van der Waals surface area contributed by atoms with Gasteiger partial charge in [-0.25, -0.2) is 4.68 Å². The van der Waals surface area contributed by atoms with Crippen molar-refractivity contribution in [2.45, 2.75) is 33.1 Å². The molecule has 3 aromatic rings. The Balaban J connectivity index is 1.78. The quantitative estimate of drug-likeness (QED) is 0.728. The smallest absolute Gasteiger partial charge is 0.259 e. The zero-order valence-corrected chi connectivity index (χ0v) is 16.4. The molecule has 0 unspecified atom stereocenters. The second-order valence-electron chi connectivity index (χ2n) is 7.53. The minimum atomic E-state index is -0.171. The number of hydrogen-bond acceptors (Lipinski definition) is 3. The molecule has 0 atom stereocenters. The summed E-state index contributed by atoms with van der Waals surface area (Å²) in [5.74, 6) is 0.607. The Labute approximate surface area is 160 Å². The third-order valence-electron chi connectivity index (χ3n) is 4.58. The zero-order chi connectivity index (χ0) is 19.6. The van der Waals surface area contributed by atoms with Crippen molar-refractivity contribution >= 4 is 11.6 Å². The van der Waals surface area contributed by atoms with Gasteiger partial charge in [-0.3, -0.25) is 4.79 Å². The first-order valence-electron chi connectivity index (χ1n) is 8.90. The molecule has 0 aliphatic rings. The monoisotopic (exact) mass is 363 g/mol. The summed E-state index contributed by atoms with van der Waals surface area (Å²) in [4.78, 5) is 12.7. The van der Waals surface area contributed by atoms with Crippen molar-refractivity contribution in [3.05, 3.63) is 71.5 Å². The van der Waals surface area contributed by atoms with Crippen molar-refractivity contribution in [2.24, 2.45) is 0 Å². The Morgan fingerprint density at radius 1 is 1.04 bits per heavy atom. The molecule has 2 aromatic carbocycles. The van der Waals surface area contributed by atoms with Gasteiger partial charge in [0, 0.05) is 5.69 Å². The van der Waals surface area contributed by atoms with E-state index < -0.39 is 0 Å². The molecule has 0 aliphatic heterocycles. The highest BCUT2D eigenvalue weighted by molar-refractivity contribution is 6.05. The van der Waals surface area contributed by atoms with Crippen LogP contribution < -0.4 is 10.1 Å². The molecule has 5 nitrogen and oxygen atoms in total. The molecular formula is C22H25N3O2. The highest BCUT2D eigenvalue weighted by Crippen LogP contribution is 2.24. The Morgan fingerprint density at radius 2 is 1.67 bits per heavy atom. The molecule has 5 heteroatoms. The highest BCUT2D eigenvalue weighted by atomic mass is 16.5. The first kappa shape index (κ1) is 18.7. The van der Waals surface area contributed by atoms with Crippen molar-refractivity contribution < 1.29 is 9.53 Å². The van der Waals surface area contributed by atoms with Crippen molar-refractivity contribution in [3.8, 4) is 11.4 Å². The summed E-state index contributed by atoms with van der Waals surface area (Å²) in [7, 11) is 1.63. The van der Waals surface area contributed by atoms with Crippen LogP contribution in [0.5, 0.6) is 5.75 Å². The largest absolute Gasteiger partial charge is 0.497 e. The van der Waals surface area contributed by atoms with Crippen molar-refractivity contribution in [1.29, 1.82) is 0 Å². The van der Waals surface area contributed by atoms with Gasteiger partial charge in [0.25, 0.3) is 5.91 Å². The fourth-order valence-corrected chi connectivity index (χ4v) is 2.87. The summed E-state index contributed by atoms with van der Waals surface area (Å²) in [6, 6.07) is 15.5. The maximum absolute atomic E-state index is 12.7. The highest BCUT2D eigenvalue weighted by Gasteiger charge is 2.17. The number of methoxy groups -OCH3 is 1. The predicted molar refractivity (Wildman–Crippen MR) is 108 cm³/mol. The number of nitrogens with zero attached hydrogens (tertiary/aromatic N) is 2. The summed E-state index contributed by atoms with van der Waals surface area (Å²) in [6.45, 7) is 8.38. The Morgan fingerprint density at radius 3 is 2.22 bits per heavy atom. The van der Waals surface area contributed by atoms with Crippen LogP contribution in [-0.4, -0.2) is 22.8 Å². The van der Waals surface area contributed by atoms with Crippen LogP contribution in [0.25, 0.3) is 5.69 Å². The molecule has 1 heterocycles. The molecular weight excluding hydrogens is 338 g/mol. The molecule has 27 heavy (non-hydrogen) atoms. The van der Waals surface area contributed by atoms with E-state index in [1.54, 1.807) is 18.0 Å². The van der Waals surface area contributed by atoms with Crippen LogP contribution in [0.3, 0.4) is 0 Å². The lowest BCUT2D eigenvalue weighted by Crippen LogP contribution is -2.14. The van der Waals surface area contributed by atoms with Gasteiger partial charge in [-0.1, -0.05) is 32.9 Å². The SMILES string of the molecule is COc1ccc(-n2ncc(C(=O)Nc3ccc(C(C)(C)C)cc3)c2C)cc1. The van der Waals surface area contributed by atoms with Crippen LogP contribution in [0.2, 0.25) is 0 Å². The molecule has 0 saturated heterocycles. The van der Waals surface area contributed by atoms with Gasteiger partial charge in [-0.05, 0) is 54.3 Å². The van der Waals surface area contributed by atoms with E-state index in [2.05, 4.69) is 31.2 Å². The third kappa shape index (κ3) is 4.03. The molecule has 1 amide bonds. The average Bonchev–Trinajstić information content (AvgIpc) is 3.03. The summed E-state index contributed by atoms with van der Waals surface area (Å²) < 4.78 is 6.93. The standard InChI is InChI=1S/C22H25N3O2/c1-15-20(14-23-25(15)18-10-12-19(27-5)13-11-18)21(26)24-17-8-6-16(7-9-17)22(2,3)4/h6-14H,1-5H3,(H,24,26). The van der Waals surface area contributed by atoms with E-state index in [1.165, 1.54) is 5.56 Å². The molecule has 1 aromatic heterocycles. The molecule has 0 saturated carbocycles. The van der Waals surface area contributed by atoms with Gasteiger partial charge in [-0.15, -0.1) is 0 Å². The maximum atomic E-state index is 12.7. The number of nitrogens with one attached hydrogen (secondary N) is 1. The van der Waals surface area contributed by atoms with Crippen LogP contribution >= 0.6 is 0 Å². The minimum Gasteiger partial charge on any atom is -0.497 e. The number of carbonyl (C=O) groups excluding carboxylic acids is 1. The molecule has 0 bridgehead atoms. The van der Waals surface area contributed by atoms with Crippen LogP contribution in [0.1, 0.15) is 42.4 Å². The lowest BCUT2D eigenvalue weighted by Gasteiger charge is -2.19. The van der Waals surface area contributed by atoms with Gasteiger partial charge in [-0.2, -0.15) is 5.10 Å². The van der Waals surface area contributed by atoms with Crippen molar-refractivity contribution in [2.75, 3.05) is 12.4 Å².